The van der Waals surface area contributed by atoms with Crippen molar-refractivity contribution in [2.24, 2.45) is 11.1 Å². The van der Waals surface area contributed by atoms with Gasteiger partial charge >= 0.3 is 0 Å². The van der Waals surface area contributed by atoms with E-state index in [-0.39, 0.29) is 16.8 Å². The number of nitrogens with two attached hydrogens (primary N) is 1. The van der Waals surface area contributed by atoms with Gasteiger partial charge < -0.3 is 5.73 Å². The van der Waals surface area contributed by atoms with Crippen LogP contribution in [-0.2, 0) is 9.59 Å². The molecule has 0 aromatic carbocycles. The number of carbonyl (C=O) groups is 2. The summed E-state index contributed by atoms with van der Waals surface area (Å²) in [5, 5.41) is 0. The van der Waals surface area contributed by atoms with Gasteiger partial charge in [0.2, 0.25) is 11.8 Å². The molecule has 1 atom stereocenters. The van der Waals surface area contributed by atoms with E-state index in [0.717, 1.165) is 38.5 Å². The van der Waals surface area contributed by atoms with Crippen molar-refractivity contribution in [2.75, 3.05) is 0 Å². The molecule has 0 bridgehead atoms. The molecule has 1 heterocycles. The van der Waals surface area contributed by atoms with Crippen LogP contribution in [0.15, 0.2) is 0 Å². The smallest absolute Gasteiger partial charge is 0.236 e. The maximum Gasteiger partial charge on any atom is 0.236 e. The minimum absolute atomic E-state index is 0.0287. The molecule has 2 N–H and O–H groups in total. The molecule has 1 spiro atoms. The third-order valence-corrected chi connectivity index (χ3v) is 4.79. The second-order valence-corrected chi connectivity index (χ2v) is 6.24. The van der Waals surface area contributed by atoms with Gasteiger partial charge in [-0.25, -0.2) is 0 Å². The van der Waals surface area contributed by atoms with Crippen molar-refractivity contribution >= 4 is 29.0 Å². The average Bonchev–Trinajstić information content (AvgIpc) is 2.56. The van der Waals surface area contributed by atoms with Crippen molar-refractivity contribution in [3.8, 4) is 0 Å². The minimum Gasteiger partial charge on any atom is -0.392 e. The number of amides is 2. The SMILES string of the molecule is CCC(C(N)=S)N1C(=O)CC2(CCCCCC2)C1=O. The number of rotatable bonds is 3. The molecule has 2 aliphatic rings. The molecule has 19 heavy (non-hydrogen) atoms. The van der Waals surface area contributed by atoms with Crippen molar-refractivity contribution in [3.05, 3.63) is 0 Å². The summed E-state index contributed by atoms with van der Waals surface area (Å²) in [4.78, 5) is 26.6. The van der Waals surface area contributed by atoms with Gasteiger partial charge in [0, 0.05) is 6.42 Å². The van der Waals surface area contributed by atoms with Crippen LogP contribution in [0, 0.1) is 5.41 Å². The van der Waals surface area contributed by atoms with E-state index in [1.165, 1.54) is 4.90 Å². The molecule has 0 radical (unpaired) electrons. The fourth-order valence-electron chi connectivity index (χ4n) is 3.44. The second kappa shape index (κ2) is 5.57. The lowest BCUT2D eigenvalue weighted by molar-refractivity contribution is -0.143. The second-order valence-electron chi connectivity index (χ2n) is 5.77. The van der Waals surface area contributed by atoms with Gasteiger partial charge in [-0.3, -0.25) is 14.5 Å². The largest absolute Gasteiger partial charge is 0.392 e. The Bertz CT molecular complexity index is 400. The number of likely N-dealkylation sites (tertiary alicyclic amines) is 1. The fourth-order valence-corrected chi connectivity index (χ4v) is 3.71. The Morgan fingerprint density at radius 3 is 2.37 bits per heavy atom. The Kier molecular flexibility index (Phi) is 4.23. The highest BCUT2D eigenvalue weighted by atomic mass is 32.1. The zero-order chi connectivity index (χ0) is 14.0. The van der Waals surface area contributed by atoms with Crippen LogP contribution >= 0.6 is 12.2 Å². The zero-order valence-electron chi connectivity index (χ0n) is 11.5. The molecule has 1 aliphatic carbocycles. The lowest BCUT2D eigenvalue weighted by atomic mass is 9.79. The van der Waals surface area contributed by atoms with Gasteiger partial charge in [0.15, 0.2) is 0 Å². The third kappa shape index (κ3) is 2.53. The van der Waals surface area contributed by atoms with E-state index in [4.69, 9.17) is 18.0 Å². The fraction of sp³-hybridized carbons (Fsp3) is 0.786. The summed E-state index contributed by atoms with van der Waals surface area (Å²) >= 11 is 5.01. The number of imide groups is 1. The number of carbonyl (C=O) groups excluding carboxylic acids is 2. The van der Waals surface area contributed by atoms with Gasteiger partial charge in [0.05, 0.1) is 16.4 Å². The number of hydrogen-bond donors (Lipinski definition) is 1. The maximum absolute atomic E-state index is 12.7. The van der Waals surface area contributed by atoms with Gasteiger partial charge in [-0.05, 0) is 19.3 Å². The van der Waals surface area contributed by atoms with Crippen molar-refractivity contribution in [1.29, 1.82) is 0 Å². The summed E-state index contributed by atoms with van der Waals surface area (Å²) in [6.07, 6.45) is 7.02. The van der Waals surface area contributed by atoms with Crippen LogP contribution in [0.1, 0.15) is 58.3 Å². The van der Waals surface area contributed by atoms with Crippen LogP contribution in [0.25, 0.3) is 0 Å². The van der Waals surface area contributed by atoms with Crippen molar-refractivity contribution in [3.63, 3.8) is 0 Å². The first kappa shape index (κ1) is 14.4. The van der Waals surface area contributed by atoms with Gasteiger partial charge in [0.1, 0.15) is 0 Å². The number of hydrogen-bond acceptors (Lipinski definition) is 3. The van der Waals surface area contributed by atoms with Crippen LogP contribution < -0.4 is 5.73 Å². The summed E-state index contributed by atoms with van der Waals surface area (Å²) in [7, 11) is 0. The van der Waals surface area contributed by atoms with E-state index in [0.29, 0.717) is 12.8 Å². The topological polar surface area (TPSA) is 63.4 Å². The van der Waals surface area contributed by atoms with Crippen molar-refractivity contribution in [2.45, 2.75) is 64.3 Å². The molecule has 5 heteroatoms. The molecule has 1 unspecified atom stereocenters. The van der Waals surface area contributed by atoms with E-state index in [1.54, 1.807) is 0 Å². The van der Waals surface area contributed by atoms with Crippen molar-refractivity contribution in [1.82, 2.24) is 4.90 Å². The van der Waals surface area contributed by atoms with Gasteiger partial charge in [-0.2, -0.15) is 0 Å². The van der Waals surface area contributed by atoms with E-state index >= 15 is 0 Å². The Morgan fingerprint density at radius 2 is 1.89 bits per heavy atom. The standard InChI is InChI=1S/C14H22N2O2S/c1-2-10(12(15)19)16-11(17)9-14(13(16)18)7-5-3-4-6-8-14/h10H,2-9H2,1H3,(H2,15,19). The predicted octanol–water partition coefficient (Wildman–Crippen LogP) is 2.15. The molecular formula is C14H22N2O2S. The number of nitrogens with zero attached hydrogens (tertiary/aromatic N) is 1. The normalized spacial score (nSPS) is 24.6. The molecule has 0 aromatic rings. The quantitative estimate of drug-likeness (QED) is 0.636. The van der Waals surface area contributed by atoms with Gasteiger partial charge in [-0.15, -0.1) is 0 Å². The monoisotopic (exact) mass is 282 g/mol. The van der Waals surface area contributed by atoms with Crippen LogP contribution in [0.2, 0.25) is 0 Å². The highest BCUT2D eigenvalue weighted by molar-refractivity contribution is 7.80. The molecule has 1 saturated carbocycles. The summed E-state index contributed by atoms with van der Waals surface area (Å²) in [5.74, 6) is -0.120. The molecule has 1 saturated heterocycles. The Hall–Kier alpha value is -0.970. The maximum atomic E-state index is 12.7. The third-order valence-electron chi connectivity index (χ3n) is 4.52. The average molecular weight is 282 g/mol. The van der Waals surface area contributed by atoms with Crippen LogP contribution in [0.5, 0.6) is 0 Å². The Labute approximate surface area is 119 Å². The molecular weight excluding hydrogens is 260 g/mol. The summed E-state index contributed by atoms with van der Waals surface area (Å²) in [6, 6.07) is -0.405. The van der Waals surface area contributed by atoms with E-state index in [1.807, 2.05) is 6.92 Å². The van der Waals surface area contributed by atoms with E-state index < -0.39 is 11.5 Å². The van der Waals surface area contributed by atoms with Crippen LogP contribution in [0.3, 0.4) is 0 Å². The van der Waals surface area contributed by atoms with E-state index in [2.05, 4.69) is 0 Å². The molecule has 2 fully saturated rings. The van der Waals surface area contributed by atoms with Crippen LogP contribution in [-0.4, -0.2) is 27.7 Å². The minimum atomic E-state index is -0.453. The first-order valence-corrected chi connectivity index (χ1v) is 7.58. The highest BCUT2D eigenvalue weighted by Gasteiger charge is 2.52. The lowest BCUT2D eigenvalue weighted by Gasteiger charge is -2.28. The summed E-state index contributed by atoms with van der Waals surface area (Å²) in [5.41, 5.74) is 5.23. The summed E-state index contributed by atoms with van der Waals surface area (Å²) < 4.78 is 0. The molecule has 1 aliphatic heterocycles. The Balaban J connectivity index is 2.26. The van der Waals surface area contributed by atoms with E-state index in [9.17, 15) is 9.59 Å². The molecule has 0 aromatic heterocycles. The predicted molar refractivity (Wildman–Crippen MR) is 77.5 cm³/mol. The summed E-state index contributed by atoms with van der Waals surface area (Å²) in [6.45, 7) is 1.91. The molecule has 106 valence electrons. The zero-order valence-corrected chi connectivity index (χ0v) is 12.3. The first-order chi connectivity index (χ1) is 9.02. The molecule has 2 amide bonds. The molecule has 2 rings (SSSR count). The van der Waals surface area contributed by atoms with Crippen LogP contribution in [0.4, 0.5) is 0 Å². The van der Waals surface area contributed by atoms with Gasteiger partial charge in [0.25, 0.3) is 0 Å². The first-order valence-electron chi connectivity index (χ1n) is 7.17. The highest BCUT2D eigenvalue weighted by Crippen LogP contribution is 2.45. The number of thiocarbonyl (C=S) groups is 1. The van der Waals surface area contributed by atoms with Gasteiger partial charge in [-0.1, -0.05) is 44.8 Å². The van der Waals surface area contributed by atoms with Crippen molar-refractivity contribution < 1.29 is 9.59 Å². The Morgan fingerprint density at radius 1 is 1.32 bits per heavy atom. The molecule has 4 nitrogen and oxygen atoms in total. The lowest BCUT2D eigenvalue weighted by Crippen LogP contribution is -2.48.